The summed E-state index contributed by atoms with van der Waals surface area (Å²) in [7, 11) is 1.77. The van der Waals surface area contributed by atoms with Crippen LogP contribution < -0.4 is 4.90 Å². The Morgan fingerprint density at radius 3 is 3.24 bits per heavy atom. The number of ether oxygens (including phenoxy) is 1. The van der Waals surface area contributed by atoms with Crippen LogP contribution in [0.15, 0.2) is 34.9 Å². The molecular formula is C14H17NO2. The molecule has 0 radical (unpaired) electrons. The topological polar surface area (TPSA) is 25.6 Å². The van der Waals surface area contributed by atoms with E-state index >= 15 is 0 Å². The Morgan fingerprint density at radius 2 is 2.35 bits per heavy atom. The number of hydrogen-bond donors (Lipinski definition) is 0. The quantitative estimate of drug-likeness (QED) is 0.812. The third-order valence-corrected chi connectivity index (χ3v) is 3.52. The minimum absolute atomic E-state index is 0.500. The summed E-state index contributed by atoms with van der Waals surface area (Å²) < 4.78 is 10.8. The van der Waals surface area contributed by atoms with Crippen molar-refractivity contribution in [3.63, 3.8) is 0 Å². The van der Waals surface area contributed by atoms with E-state index in [2.05, 4.69) is 17.0 Å². The molecule has 1 fully saturated rings. The maximum Gasteiger partial charge on any atom is 0.135 e. The molecule has 1 aromatic heterocycles. The van der Waals surface area contributed by atoms with E-state index in [1.54, 1.807) is 13.4 Å². The molecule has 0 bridgehead atoms. The summed E-state index contributed by atoms with van der Waals surface area (Å²) in [4.78, 5) is 2.45. The third-order valence-electron chi connectivity index (χ3n) is 3.52. The van der Waals surface area contributed by atoms with Crippen molar-refractivity contribution in [2.24, 2.45) is 0 Å². The van der Waals surface area contributed by atoms with Crippen molar-refractivity contribution >= 4 is 16.7 Å². The lowest BCUT2D eigenvalue weighted by molar-refractivity contribution is 0.181. The van der Waals surface area contributed by atoms with Crippen molar-refractivity contribution in [1.29, 1.82) is 0 Å². The van der Waals surface area contributed by atoms with Crippen LogP contribution in [0.4, 0.5) is 5.69 Å². The molecule has 1 aliphatic rings. The average molecular weight is 231 g/mol. The first-order valence-corrected chi connectivity index (χ1v) is 6.12. The van der Waals surface area contributed by atoms with Gasteiger partial charge in [-0.15, -0.1) is 0 Å². The molecular weight excluding hydrogens is 214 g/mol. The highest BCUT2D eigenvalue weighted by Gasteiger charge is 2.25. The van der Waals surface area contributed by atoms with Gasteiger partial charge in [0.1, 0.15) is 5.58 Å². The molecule has 1 saturated heterocycles. The summed E-state index contributed by atoms with van der Waals surface area (Å²) in [5, 5.41) is 1.20. The molecule has 1 aliphatic heterocycles. The molecule has 2 heterocycles. The lowest BCUT2D eigenvalue weighted by Crippen LogP contribution is -2.32. The fourth-order valence-corrected chi connectivity index (χ4v) is 2.75. The van der Waals surface area contributed by atoms with Gasteiger partial charge in [-0.1, -0.05) is 6.07 Å². The molecule has 1 atom stereocenters. The number of benzene rings is 1. The molecule has 3 rings (SSSR count). The molecule has 90 valence electrons. The normalized spacial score (nSPS) is 20.3. The van der Waals surface area contributed by atoms with Crippen LogP contribution in [0.2, 0.25) is 0 Å². The van der Waals surface area contributed by atoms with Gasteiger partial charge in [-0.3, -0.25) is 0 Å². The summed E-state index contributed by atoms with van der Waals surface area (Å²) in [6.45, 7) is 1.91. The zero-order chi connectivity index (χ0) is 11.7. The van der Waals surface area contributed by atoms with E-state index in [1.165, 1.54) is 23.9 Å². The molecule has 0 saturated carbocycles. The number of rotatable bonds is 3. The van der Waals surface area contributed by atoms with Crippen LogP contribution >= 0.6 is 0 Å². The maximum atomic E-state index is 5.46. The van der Waals surface area contributed by atoms with Crippen LogP contribution in [0.25, 0.3) is 11.0 Å². The summed E-state index contributed by atoms with van der Waals surface area (Å²) in [6, 6.07) is 8.79. The van der Waals surface area contributed by atoms with Crippen LogP contribution in [0.3, 0.4) is 0 Å². The van der Waals surface area contributed by atoms with Crippen molar-refractivity contribution in [2.75, 3.05) is 25.2 Å². The minimum atomic E-state index is 0.500. The van der Waals surface area contributed by atoms with Gasteiger partial charge >= 0.3 is 0 Å². The highest BCUT2D eigenvalue weighted by molar-refractivity contribution is 5.91. The molecule has 1 unspecified atom stereocenters. The minimum Gasteiger partial charge on any atom is -0.464 e. The van der Waals surface area contributed by atoms with Gasteiger partial charge in [-0.25, -0.2) is 0 Å². The molecule has 3 nitrogen and oxygen atoms in total. The molecule has 0 N–H and O–H groups in total. The van der Waals surface area contributed by atoms with Crippen molar-refractivity contribution in [2.45, 2.75) is 18.9 Å². The molecule has 2 aromatic rings. The predicted octanol–water partition coefficient (Wildman–Crippen LogP) is 3.05. The maximum absolute atomic E-state index is 5.46. The molecule has 0 spiro atoms. The van der Waals surface area contributed by atoms with Crippen molar-refractivity contribution in [3.05, 3.63) is 30.5 Å². The predicted molar refractivity (Wildman–Crippen MR) is 68.5 cm³/mol. The molecule has 0 amide bonds. The number of anilines is 1. The number of furan rings is 1. The van der Waals surface area contributed by atoms with Crippen LogP contribution in [-0.4, -0.2) is 26.3 Å². The second-order valence-electron chi connectivity index (χ2n) is 4.55. The van der Waals surface area contributed by atoms with E-state index < -0.39 is 0 Å². The van der Waals surface area contributed by atoms with E-state index in [-0.39, 0.29) is 0 Å². The van der Waals surface area contributed by atoms with Crippen LogP contribution in [-0.2, 0) is 4.74 Å². The zero-order valence-corrected chi connectivity index (χ0v) is 10.1. The fraction of sp³-hybridized carbons (Fsp3) is 0.429. The van der Waals surface area contributed by atoms with Crippen LogP contribution in [0.1, 0.15) is 12.8 Å². The summed E-state index contributed by atoms with van der Waals surface area (Å²) in [5.41, 5.74) is 2.24. The van der Waals surface area contributed by atoms with Crippen molar-refractivity contribution in [3.8, 4) is 0 Å². The smallest absolute Gasteiger partial charge is 0.135 e. The third kappa shape index (κ3) is 1.80. The average Bonchev–Trinajstić information content (AvgIpc) is 2.96. The second-order valence-corrected chi connectivity index (χ2v) is 4.55. The van der Waals surface area contributed by atoms with E-state index in [1.807, 2.05) is 12.1 Å². The van der Waals surface area contributed by atoms with Gasteiger partial charge in [0.05, 0.1) is 18.9 Å². The summed E-state index contributed by atoms with van der Waals surface area (Å²) >= 11 is 0. The molecule has 1 aromatic carbocycles. The van der Waals surface area contributed by atoms with Gasteiger partial charge in [0.25, 0.3) is 0 Å². The Kier molecular flexibility index (Phi) is 2.77. The first kappa shape index (κ1) is 10.7. The van der Waals surface area contributed by atoms with Gasteiger partial charge in [0.2, 0.25) is 0 Å². The van der Waals surface area contributed by atoms with Crippen molar-refractivity contribution < 1.29 is 9.15 Å². The first-order valence-electron chi connectivity index (χ1n) is 6.12. The lowest BCUT2D eigenvalue weighted by atomic mass is 10.1. The highest BCUT2D eigenvalue weighted by Crippen LogP contribution is 2.32. The Hall–Kier alpha value is -1.48. The van der Waals surface area contributed by atoms with Crippen LogP contribution in [0, 0.1) is 0 Å². The van der Waals surface area contributed by atoms with E-state index in [0.29, 0.717) is 6.04 Å². The Morgan fingerprint density at radius 1 is 1.41 bits per heavy atom. The van der Waals surface area contributed by atoms with Crippen molar-refractivity contribution in [1.82, 2.24) is 0 Å². The van der Waals surface area contributed by atoms with Crippen LogP contribution in [0.5, 0.6) is 0 Å². The van der Waals surface area contributed by atoms with Gasteiger partial charge in [-0.2, -0.15) is 0 Å². The summed E-state index contributed by atoms with van der Waals surface area (Å²) in [6.07, 6.45) is 4.21. The van der Waals surface area contributed by atoms with E-state index in [4.69, 9.17) is 9.15 Å². The van der Waals surface area contributed by atoms with Gasteiger partial charge in [0.15, 0.2) is 0 Å². The Labute approximate surface area is 101 Å². The Bertz CT molecular complexity index is 506. The first-order chi connectivity index (χ1) is 8.40. The van der Waals surface area contributed by atoms with E-state index in [0.717, 1.165) is 18.7 Å². The lowest BCUT2D eigenvalue weighted by Gasteiger charge is -2.26. The number of hydrogen-bond acceptors (Lipinski definition) is 3. The number of fused-ring (bicyclic) bond motifs is 1. The molecule has 0 aliphatic carbocycles. The SMILES string of the molecule is COCC1CCCN1c1cccc2occc12. The second kappa shape index (κ2) is 4.41. The monoisotopic (exact) mass is 231 g/mol. The van der Waals surface area contributed by atoms with Gasteiger partial charge in [0, 0.05) is 24.7 Å². The number of nitrogens with zero attached hydrogens (tertiary/aromatic N) is 1. The standard InChI is InChI=1S/C14H17NO2/c1-16-10-11-4-3-8-15(11)13-5-2-6-14-12(13)7-9-17-14/h2,5-7,9,11H,3-4,8,10H2,1H3. The molecule has 3 heteroatoms. The van der Waals surface area contributed by atoms with Gasteiger partial charge < -0.3 is 14.1 Å². The highest BCUT2D eigenvalue weighted by atomic mass is 16.5. The zero-order valence-electron chi connectivity index (χ0n) is 10.1. The summed E-state index contributed by atoms with van der Waals surface area (Å²) in [5.74, 6) is 0. The largest absolute Gasteiger partial charge is 0.464 e. The fourth-order valence-electron chi connectivity index (χ4n) is 2.75. The molecule has 17 heavy (non-hydrogen) atoms. The van der Waals surface area contributed by atoms with Gasteiger partial charge in [-0.05, 0) is 31.0 Å². The van der Waals surface area contributed by atoms with E-state index in [9.17, 15) is 0 Å². The Balaban J connectivity index is 1.99. The number of methoxy groups -OCH3 is 1.